The van der Waals surface area contributed by atoms with Crippen LogP contribution in [0, 0.1) is 0 Å². The fourth-order valence-electron chi connectivity index (χ4n) is 2.38. The second kappa shape index (κ2) is 6.82. The van der Waals surface area contributed by atoms with E-state index in [4.69, 9.17) is 4.42 Å². The highest BCUT2D eigenvalue weighted by Gasteiger charge is 2.28. The highest BCUT2D eigenvalue weighted by atomic mass is 32.2. The Kier molecular flexibility index (Phi) is 4.61. The molecular weight excluding hydrogens is 316 g/mol. The van der Waals surface area contributed by atoms with E-state index in [0.29, 0.717) is 48.4 Å². The molecule has 0 aromatic carbocycles. The largest absolute Gasteiger partial charge is 0.461 e. The molecule has 1 fully saturated rings. The number of furan rings is 1. The maximum atomic E-state index is 11.6. The maximum Gasteiger partial charge on any atom is 0.229 e. The van der Waals surface area contributed by atoms with Crippen molar-refractivity contribution in [2.45, 2.75) is 24.5 Å². The number of allylic oxidation sites excluding steroid dienone is 1. The minimum absolute atomic E-state index is 0.0977. The molecule has 1 saturated heterocycles. The highest BCUT2D eigenvalue weighted by molar-refractivity contribution is 7.99. The summed E-state index contributed by atoms with van der Waals surface area (Å²) in [5.41, 5.74) is 0. The van der Waals surface area contributed by atoms with E-state index in [1.807, 2.05) is 10.6 Å². The van der Waals surface area contributed by atoms with Gasteiger partial charge in [0.2, 0.25) is 17.6 Å². The van der Waals surface area contributed by atoms with E-state index >= 15 is 0 Å². The van der Waals surface area contributed by atoms with Crippen molar-refractivity contribution in [1.82, 2.24) is 19.7 Å². The molecule has 0 saturated carbocycles. The Labute approximate surface area is 137 Å². The Balaban J connectivity index is 1.69. The molecule has 0 spiro atoms. The van der Waals surface area contributed by atoms with Crippen LogP contribution in [-0.2, 0) is 16.1 Å². The molecule has 7 nitrogen and oxygen atoms in total. The molecule has 120 valence electrons. The van der Waals surface area contributed by atoms with Crippen LogP contribution in [0.25, 0.3) is 11.6 Å². The minimum atomic E-state index is -0.0977. The maximum absolute atomic E-state index is 11.6. The van der Waals surface area contributed by atoms with Crippen LogP contribution in [0.2, 0.25) is 0 Å². The molecule has 2 aromatic rings. The molecule has 0 unspecified atom stereocenters. The lowest BCUT2D eigenvalue weighted by atomic mass is 10.4. The van der Waals surface area contributed by atoms with Crippen molar-refractivity contribution in [1.29, 1.82) is 0 Å². The number of likely N-dealkylation sites (tertiary alicyclic amines) is 1. The van der Waals surface area contributed by atoms with Gasteiger partial charge in [-0.2, -0.15) is 0 Å². The molecule has 0 bridgehead atoms. The zero-order valence-electron chi connectivity index (χ0n) is 12.5. The van der Waals surface area contributed by atoms with Crippen LogP contribution in [-0.4, -0.2) is 43.8 Å². The molecule has 0 atom stereocenters. The van der Waals surface area contributed by atoms with Crippen molar-refractivity contribution in [3.63, 3.8) is 0 Å². The number of imide groups is 1. The molecular formula is C15H16N4O3S. The normalized spacial score (nSPS) is 14.7. The van der Waals surface area contributed by atoms with E-state index in [-0.39, 0.29) is 11.8 Å². The zero-order valence-corrected chi connectivity index (χ0v) is 13.3. The third-order valence-electron chi connectivity index (χ3n) is 3.47. The van der Waals surface area contributed by atoms with Crippen LogP contribution in [0.4, 0.5) is 0 Å². The quantitative estimate of drug-likeness (QED) is 0.438. The Morgan fingerprint density at radius 3 is 2.74 bits per heavy atom. The van der Waals surface area contributed by atoms with Crippen molar-refractivity contribution in [2.75, 3.05) is 12.3 Å². The number of rotatable bonds is 7. The number of amides is 2. The summed E-state index contributed by atoms with van der Waals surface area (Å²) in [6.07, 6.45) is 3.98. The second-order valence-electron chi connectivity index (χ2n) is 4.97. The topological polar surface area (TPSA) is 81.2 Å². The Bertz CT molecular complexity index is 707. The highest BCUT2D eigenvalue weighted by Crippen LogP contribution is 2.24. The molecule has 1 aliphatic heterocycles. The van der Waals surface area contributed by atoms with Gasteiger partial charge in [-0.05, 0) is 12.1 Å². The summed E-state index contributed by atoms with van der Waals surface area (Å²) in [4.78, 5) is 24.5. The van der Waals surface area contributed by atoms with Gasteiger partial charge in [-0.1, -0.05) is 17.8 Å². The smallest absolute Gasteiger partial charge is 0.229 e. The number of hydrogen-bond donors (Lipinski definition) is 0. The van der Waals surface area contributed by atoms with Gasteiger partial charge in [-0.3, -0.25) is 19.1 Å². The molecule has 3 rings (SSSR count). The lowest BCUT2D eigenvalue weighted by Crippen LogP contribution is -2.31. The number of carbonyl (C=O) groups excluding carboxylic acids is 2. The van der Waals surface area contributed by atoms with Crippen LogP contribution in [0.3, 0.4) is 0 Å². The molecule has 23 heavy (non-hydrogen) atoms. The first-order valence-corrected chi connectivity index (χ1v) is 8.23. The van der Waals surface area contributed by atoms with Crippen LogP contribution in [0.1, 0.15) is 12.8 Å². The number of thioether (sulfide) groups is 1. The molecule has 3 heterocycles. The predicted octanol–water partition coefficient (Wildman–Crippen LogP) is 1.97. The molecule has 8 heteroatoms. The van der Waals surface area contributed by atoms with E-state index < -0.39 is 0 Å². The van der Waals surface area contributed by atoms with Gasteiger partial charge in [0.05, 0.1) is 6.26 Å². The summed E-state index contributed by atoms with van der Waals surface area (Å²) < 4.78 is 7.26. The molecule has 0 N–H and O–H groups in total. The van der Waals surface area contributed by atoms with Crippen LogP contribution in [0.15, 0.2) is 40.6 Å². The van der Waals surface area contributed by atoms with Crippen molar-refractivity contribution >= 4 is 23.6 Å². The number of aromatic nitrogens is 3. The third kappa shape index (κ3) is 3.21. The molecule has 1 aliphatic rings. The van der Waals surface area contributed by atoms with Gasteiger partial charge in [0.25, 0.3) is 0 Å². The van der Waals surface area contributed by atoms with Crippen LogP contribution in [0.5, 0.6) is 0 Å². The lowest BCUT2D eigenvalue weighted by molar-refractivity contribution is -0.137. The lowest BCUT2D eigenvalue weighted by Gasteiger charge is -2.13. The summed E-state index contributed by atoms with van der Waals surface area (Å²) in [5, 5.41) is 9.04. The number of carbonyl (C=O) groups is 2. The summed E-state index contributed by atoms with van der Waals surface area (Å²) in [7, 11) is 0. The van der Waals surface area contributed by atoms with Gasteiger partial charge in [-0.15, -0.1) is 16.8 Å². The second-order valence-corrected chi connectivity index (χ2v) is 6.03. The fourth-order valence-corrected chi connectivity index (χ4v) is 3.25. The van der Waals surface area contributed by atoms with E-state index in [1.165, 1.54) is 16.7 Å². The van der Waals surface area contributed by atoms with E-state index in [2.05, 4.69) is 16.8 Å². The first-order chi connectivity index (χ1) is 11.2. The summed E-state index contributed by atoms with van der Waals surface area (Å²) in [5.74, 6) is 1.64. The standard InChI is InChI=1S/C15H16N4O3S/c1-2-7-19-14(11-4-3-9-22-11)16-17-15(19)23-10-8-18-12(20)5-6-13(18)21/h2-4,9H,1,5-8,10H2. The van der Waals surface area contributed by atoms with Crippen molar-refractivity contribution in [3.05, 3.63) is 31.1 Å². The van der Waals surface area contributed by atoms with Gasteiger partial charge in [0.1, 0.15) is 0 Å². The number of hydrogen-bond acceptors (Lipinski definition) is 6. The monoisotopic (exact) mass is 332 g/mol. The Morgan fingerprint density at radius 2 is 2.09 bits per heavy atom. The first kappa shape index (κ1) is 15.5. The van der Waals surface area contributed by atoms with Gasteiger partial charge < -0.3 is 4.42 Å². The average molecular weight is 332 g/mol. The average Bonchev–Trinajstić information content (AvgIpc) is 3.25. The van der Waals surface area contributed by atoms with Gasteiger partial charge >= 0.3 is 0 Å². The van der Waals surface area contributed by atoms with Crippen LogP contribution < -0.4 is 0 Å². The van der Waals surface area contributed by atoms with Gasteiger partial charge in [0.15, 0.2) is 10.9 Å². The molecule has 0 aliphatic carbocycles. The minimum Gasteiger partial charge on any atom is -0.461 e. The summed E-state index contributed by atoms with van der Waals surface area (Å²) in [6, 6.07) is 3.61. The van der Waals surface area contributed by atoms with Gasteiger partial charge in [0, 0.05) is 31.7 Å². The summed E-state index contributed by atoms with van der Waals surface area (Å²) in [6.45, 7) is 4.69. The van der Waals surface area contributed by atoms with Crippen LogP contribution >= 0.6 is 11.8 Å². The fraction of sp³-hybridized carbons (Fsp3) is 0.333. The zero-order chi connectivity index (χ0) is 16.2. The van der Waals surface area contributed by atoms with Crippen molar-refractivity contribution in [2.24, 2.45) is 0 Å². The third-order valence-corrected chi connectivity index (χ3v) is 4.42. The molecule has 2 aromatic heterocycles. The van der Waals surface area contributed by atoms with E-state index in [9.17, 15) is 9.59 Å². The molecule has 0 radical (unpaired) electrons. The van der Waals surface area contributed by atoms with E-state index in [0.717, 1.165) is 0 Å². The number of nitrogens with zero attached hydrogens (tertiary/aromatic N) is 4. The van der Waals surface area contributed by atoms with Crippen molar-refractivity contribution < 1.29 is 14.0 Å². The SMILES string of the molecule is C=CCn1c(SCCN2C(=O)CCC2=O)nnc1-c1ccco1. The van der Waals surface area contributed by atoms with E-state index in [1.54, 1.807) is 18.4 Å². The van der Waals surface area contributed by atoms with Crippen molar-refractivity contribution in [3.8, 4) is 11.6 Å². The van der Waals surface area contributed by atoms with Gasteiger partial charge in [-0.25, -0.2) is 0 Å². The predicted molar refractivity (Wildman–Crippen MR) is 84.6 cm³/mol. The Hall–Kier alpha value is -2.35. The molecule has 2 amide bonds. The summed E-state index contributed by atoms with van der Waals surface area (Å²) >= 11 is 1.45. The Morgan fingerprint density at radius 1 is 1.30 bits per heavy atom. The first-order valence-electron chi connectivity index (χ1n) is 7.24.